The van der Waals surface area contributed by atoms with E-state index in [1.54, 1.807) is 13.0 Å². The van der Waals surface area contributed by atoms with Gasteiger partial charge in [0.05, 0.1) is 5.60 Å². The number of rotatable bonds is 3. The molecule has 1 aromatic carbocycles. The van der Waals surface area contributed by atoms with E-state index >= 15 is 0 Å². The molecule has 0 spiro atoms. The van der Waals surface area contributed by atoms with Crippen LogP contribution in [0.4, 0.5) is 13.2 Å². The fourth-order valence-corrected chi connectivity index (χ4v) is 2.08. The first-order chi connectivity index (χ1) is 8.16. The number of aliphatic hydroxyl groups is 1. The Morgan fingerprint density at radius 3 is 2.28 bits per heavy atom. The highest BCUT2D eigenvalue weighted by molar-refractivity contribution is 5.40. The maximum absolute atomic E-state index is 12.3. The van der Waals surface area contributed by atoms with Gasteiger partial charge in [0.25, 0.3) is 0 Å². The molecule has 0 radical (unpaired) electrons. The lowest BCUT2D eigenvalue weighted by atomic mass is 9.81. The Kier molecular flexibility index (Phi) is 2.85. The molecule has 1 saturated carbocycles. The van der Waals surface area contributed by atoms with E-state index in [9.17, 15) is 18.3 Å². The van der Waals surface area contributed by atoms with E-state index in [2.05, 4.69) is 4.74 Å². The first-order valence-electron chi connectivity index (χ1n) is 5.73. The van der Waals surface area contributed by atoms with Crippen molar-refractivity contribution in [1.29, 1.82) is 0 Å². The molecule has 18 heavy (non-hydrogen) atoms. The molecule has 2 rings (SSSR count). The lowest BCUT2D eigenvalue weighted by Crippen LogP contribution is -2.32. The second kappa shape index (κ2) is 3.88. The summed E-state index contributed by atoms with van der Waals surface area (Å²) in [7, 11) is 0. The number of ether oxygens (including phenoxy) is 1. The van der Waals surface area contributed by atoms with E-state index < -0.39 is 12.0 Å². The highest BCUT2D eigenvalue weighted by Crippen LogP contribution is 2.59. The summed E-state index contributed by atoms with van der Waals surface area (Å²) in [5, 5.41) is 10.5. The largest absolute Gasteiger partial charge is 0.573 e. The van der Waals surface area contributed by atoms with Crippen LogP contribution in [0.5, 0.6) is 5.75 Å². The summed E-state index contributed by atoms with van der Waals surface area (Å²) in [5.74, 6) is -0.330. The minimum Gasteiger partial charge on any atom is -0.405 e. The Bertz CT molecular complexity index is 448. The molecule has 1 unspecified atom stereocenters. The second-order valence-electron chi connectivity index (χ2n) is 5.18. The molecule has 0 aromatic heterocycles. The molecule has 1 atom stereocenters. The summed E-state index contributed by atoms with van der Waals surface area (Å²) in [4.78, 5) is 0. The third kappa shape index (κ3) is 2.32. The molecule has 0 amide bonds. The van der Waals surface area contributed by atoms with Crippen molar-refractivity contribution in [3.8, 4) is 5.75 Å². The molecule has 5 heteroatoms. The monoisotopic (exact) mass is 260 g/mol. The molecular weight excluding hydrogens is 245 g/mol. The zero-order valence-electron chi connectivity index (χ0n) is 10.2. The van der Waals surface area contributed by atoms with Crippen LogP contribution in [0.15, 0.2) is 24.3 Å². The van der Waals surface area contributed by atoms with Crippen molar-refractivity contribution in [1.82, 2.24) is 0 Å². The van der Waals surface area contributed by atoms with Gasteiger partial charge in [0.1, 0.15) is 5.75 Å². The number of benzene rings is 1. The first-order valence-corrected chi connectivity index (χ1v) is 5.73. The van der Waals surface area contributed by atoms with E-state index in [1.807, 2.05) is 6.92 Å². The van der Waals surface area contributed by atoms with Crippen LogP contribution < -0.4 is 4.74 Å². The fraction of sp³-hybridized carbons (Fsp3) is 0.538. The molecule has 1 aromatic rings. The average molecular weight is 260 g/mol. The van der Waals surface area contributed by atoms with Crippen molar-refractivity contribution in [2.75, 3.05) is 0 Å². The van der Waals surface area contributed by atoms with Crippen LogP contribution in [0.1, 0.15) is 32.3 Å². The van der Waals surface area contributed by atoms with Crippen LogP contribution in [-0.2, 0) is 5.60 Å². The maximum Gasteiger partial charge on any atom is 0.573 e. The predicted molar refractivity (Wildman–Crippen MR) is 60.0 cm³/mol. The van der Waals surface area contributed by atoms with Crippen molar-refractivity contribution < 1.29 is 23.0 Å². The maximum atomic E-state index is 12.3. The van der Waals surface area contributed by atoms with E-state index in [-0.39, 0.29) is 16.7 Å². The van der Waals surface area contributed by atoms with Gasteiger partial charge in [-0.05, 0) is 25.8 Å². The number of hydrogen-bond acceptors (Lipinski definition) is 2. The van der Waals surface area contributed by atoms with Crippen LogP contribution in [0.25, 0.3) is 0 Å². The summed E-state index contributed by atoms with van der Waals surface area (Å²) in [6.45, 7) is 3.40. The molecular formula is C13H15F3O2. The smallest absolute Gasteiger partial charge is 0.405 e. The highest BCUT2D eigenvalue weighted by atomic mass is 19.4. The van der Waals surface area contributed by atoms with Crippen molar-refractivity contribution in [3.05, 3.63) is 29.8 Å². The van der Waals surface area contributed by atoms with Crippen LogP contribution in [0, 0.1) is 5.41 Å². The average Bonchev–Trinajstić information content (AvgIpc) is 2.96. The van der Waals surface area contributed by atoms with Gasteiger partial charge < -0.3 is 9.84 Å². The molecule has 1 aliphatic rings. The third-order valence-corrected chi connectivity index (χ3v) is 3.81. The van der Waals surface area contributed by atoms with Crippen molar-refractivity contribution >= 4 is 0 Å². The molecule has 0 aliphatic heterocycles. The Morgan fingerprint density at radius 2 is 1.78 bits per heavy atom. The van der Waals surface area contributed by atoms with Crippen LogP contribution >= 0.6 is 0 Å². The van der Waals surface area contributed by atoms with Crippen LogP contribution in [0.3, 0.4) is 0 Å². The minimum atomic E-state index is -4.75. The van der Waals surface area contributed by atoms with Gasteiger partial charge in [-0.3, -0.25) is 0 Å². The molecule has 1 fully saturated rings. The van der Waals surface area contributed by atoms with Crippen molar-refractivity contribution in [3.63, 3.8) is 0 Å². The number of para-hydroxylation sites is 1. The normalized spacial score (nSPS) is 21.2. The van der Waals surface area contributed by atoms with E-state index in [0.29, 0.717) is 0 Å². The van der Waals surface area contributed by atoms with Gasteiger partial charge in [0.2, 0.25) is 0 Å². The number of halogens is 3. The minimum absolute atomic E-state index is 0.183. The van der Waals surface area contributed by atoms with Crippen LogP contribution in [-0.4, -0.2) is 11.5 Å². The summed E-state index contributed by atoms with van der Waals surface area (Å²) in [5.41, 5.74) is -1.52. The SMILES string of the molecule is CC1(C(C)(O)c2ccccc2OC(F)(F)F)CC1. The Morgan fingerprint density at radius 1 is 1.22 bits per heavy atom. The summed E-state index contributed by atoms with van der Waals surface area (Å²) in [6.07, 6.45) is -3.17. The van der Waals surface area contributed by atoms with E-state index in [0.717, 1.165) is 12.8 Å². The predicted octanol–water partition coefficient (Wildman–Crippen LogP) is 3.59. The van der Waals surface area contributed by atoms with E-state index in [1.165, 1.54) is 18.2 Å². The molecule has 2 nitrogen and oxygen atoms in total. The molecule has 100 valence electrons. The molecule has 0 saturated heterocycles. The number of alkyl halides is 3. The Balaban J connectivity index is 2.39. The second-order valence-corrected chi connectivity index (χ2v) is 5.18. The standard InChI is InChI=1S/C13H15F3O2/c1-11(7-8-11)12(2,17)9-5-3-4-6-10(9)18-13(14,15)16/h3-6,17H,7-8H2,1-2H3. The quantitative estimate of drug-likeness (QED) is 0.899. The lowest BCUT2D eigenvalue weighted by molar-refractivity contribution is -0.275. The lowest BCUT2D eigenvalue weighted by Gasteiger charge is -2.32. The Hall–Kier alpha value is -1.23. The molecule has 0 heterocycles. The highest BCUT2D eigenvalue weighted by Gasteiger charge is 2.54. The van der Waals surface area contributed by atoms with Gasteiger partial charge in [-0.1, -0.05) is 25.1 Å². The summed E-state index contributed by atoms with van der Waals surface area (Å²) < 4.78 is 40.9. The van der Waals surface area contributed by atoms with Crippen molar-refractivity contribution in [2.45, 2.75) is 38.7 Å². The summed E-state index contributed by atoms with van der Waals surface area (Å²) in [6, 6.07) is 5.75. The molecule has 0 bridgehead atoms. The number of hydrogen-bond donors (Lipinski definition) is 1. The van der Waals surface area contributed by atoms with E-state index in [4.69, 9.17) is 0 Å². The zero-order valence-corrected chi connectivity index (χ0v) is 10.2. The van der Waals surface area contributed by atoms with Gasteiger partial charge in [-0.2, -0.15) is 0 Å². The molecule has 1 N–H and O–H groups in total. The third-order valence-electron chi connectivity index (χ3n) is 3.81. The zero-order chi connectivity index (χ0) is 13.6. The Labute approximate surface area is 103 Å². The molecule has 1 aliphatic carbocycles. The first kappa shape index (κ1) is 13.2. The van der Waals surface area contributed by atoms with Gasteiger partial charge in [-0.15, -0.1) is 13.2 Å². The van der Waals surface area contributed by atoms with Gasteiger partial charge in [0.15, 0.2) is 0 Å². The van der Waals surface area contributed by atoms with Crippen molar-refractivity contribution in [2.24, 2.45) is 5.41 Å². The fourth-order valence-electron chi connectivity index (χ4n) is 2.08. The van der Waals surface area contributed by atoms with Gasteiger partial charge >= 0.3 is 6.36 Å². The topological polar surface area (TPSA) is 29.5 Å². The van der Waals surface area contributed by atoms with Gasteiger partial charge in [0, 0.05) is 11.0 Å². The van der Waals surface area contributed by atoms with Gasteiger partial charge in [-0.25, -0.2) is 0 Å². The van der Waals surface area contributed by atoms with Crippen LogP contribution in [0.2, 0.25) is 0 Å². The summed E-state index contributed by atoms with van der Waals surface area (Å²) >= 11 is 0.